The second kappa shape index (κ2) is 13.6. The number of benzene rings is 1. The van der Waals surface area contributed by atoms with E-state index in [1.54, 1.807) is 12.3 Å². The molecule has 4 rings (SSSR count). The van der Waals surface area contributed by atoms with E-state index in [1.807, 2.05) is 0 Å². The normalized spacial score (nSPS) is 13.4. The van der Waals surface area contributed by atoms with Crippen LogP contribution in [0.15, 0.2) is 58.5 Å². The summed E-state index contributed by atoms with van der Waals surface area (Å²) in [5, 5.41) is 7.08. The molecule has 15 heteroatoms. The number of nitrogens with one attached hydrogen (secondary N) is 1. The van der Waals surface area contributed by atoms with E-state index < -0.39 is 46.6 Å². The zero-order valence-corrected chi connectivity index (χ0v) is 25.5. The number of rotatable bonds is 11. The minimum absolute atomic E-state index is 0.00400. The molecule has 0 radical (unpaired) electrons. The van der Waals surface area contributed by atoms with Gasteiger partial charge in [-0.05, 0) is 49.4 Å². The summed E-state index contributed by atoms with van der Waals surface area (Å²) >= 11 is 0. The topological polar surface area (TPSA) is 91.0 Å². The number of aryl methyl sites for hydroxylation is 2. The van der Waals surface area contributed by atoms with Crippen LogP contribution in [0.5, 0.6) is 0 Å². The molecule has 43 heavy (non-hydrogen) atoms. The Kier molecular flexibility index (Phi) is 10.3. The van der Waals surface area contributed by atoms with Crippen molar-refractivity contribution in [3.8, 4) is 11.3 Å². The number of anilines is 1. The molecule has 0 amide bonds. The van der Waals surface area contributed by atoms with Gasteiger partial charge in [-0.3, -0.25) is 14.6 Å². The first-order valence-electron chi connectivity index (χ1n) is 13.2. The third-order valence-corrected chi connectivity index (χ3v) is 7.19. The summed E-state index contributed by atoms with van der Waals surface area (Å²) in [6.07, 6.45) is -1.67. The third-order valence-electron chi connectivity index (χ3n) is 6.81. The lowest BCUT2D eigenvalue weighted by Gasteiger charge is -2.23. The van der Waals surface area contributed by atoms with Gasteiger partial charge in [0.25, 0.3) is 11.1 Å². The van der Waals surface area contributed by atoms with Crippen LogP contribution in [0, 0.1) is 5.82 Å². The Labute approximate surface area is 248 Å². The smallest absolute Gasteiger partial charge is 0.378 e. The number of alkyl halides is 4. The number of nitrogens with zero attached hydrogens (tertiary/aromatic N) is 4. The molecule has 8 nitrogen and oxygen atoms in total. The van der Waals surface area contributed by atoms with Gasteiger partial charge in [-0.15, -0.1) is 18.5 Å². The lowest BCUT2D eigenvalue weighted by Crippen LogP contribution is -2.34. The fraction of sp³-hybridized carbons (Fsp3) is 0.357. The monoisotopic (exact) mass is 641 g/mol. The van der Waals surface area contributed by atoms with Crippen LogP contribution in [-0.2, 0) is 24.5 Å². The number of fused-ring (bicyclic) bond motifs is 1. The fourth-order valence-corrected chi connectivity index (χ4v) is 4.77. The number of pyridine rings is 2. The lowest BCUT2D eigenvalue weighted by molar-refractivity contribution is -0.138. The molecule has 0 fully saturated rings. The van der Waals surface area contributed by atoms with Gasteiger partial charge in [-0.25, -0.2) is 13.5 Å². The van der Waals surface area contributed by atoms with Crippen LogP contribution in [0.1, 0.15) is 37.1 Å². The van der Waals surface area contributed by atoms with Gasteiger partial charge in [0.15, 0.2) is 0 Å². The molecular weight excluding hydrogens is 611 g/mol. The van der Waals surface area contributed by atoms with Crippen LogP contribution in [0.4, 0.5) is 27.6 Å². The molecule has 0 aliphatic heterocycles. The van der Waals surface area contributed by atoms with Crippen LogP contribution in [-0.4, -0.2) is 37.6 Å². The van der Waals surface area contributed by atoms with Gasteiger partial charge in [0.1, 0.15) is 17.6 Å². The molecule has 1 N–H and O–H groups in total. The molecule has 3 aromatic heterocycles. The van der Waals surface area contributed by atoms with Crippen LogP contribution in [0.25, 0.3) is 22.0 Å². The van der Waals surface area contributed by atoms with Crippen LogP contribution in [0.2, 0.25) is 0 Å². The van der Waals surface area contributed by atoms with Crippen molar-refractivity contribution in [2.75, 3.05) is 11.9 Å². The van der Waals surface area contributed by atoms with E-state index in [9.17, 15) is 27.2 Å². The van der Waals surface area contributed by atoms with E-state index in [4.69, 9.17) is 4.74 Å². The van der Waals surface area contributed by atoms with Gasteiger partial charge >= 0.3 is 6.18 Å². The lowest BCUT2D eigenvalue weighted by atomic mass is 10.0. The quantitative estimate of drug-likeness (QED) is 0.168. The van der Waals surface area contributed by atoms with E-state index in [1.165, 1.54) is 35.9 Å². The van der Waals surface area contributed by atoms with Gasteiger partial charge in [-0.1, -0.05) is 6.07 Å². The van der Waals surface area contributed by atoms with Crippen molar-refractivity contribution in [3.05, 3.63) is 86.6 Å². The predicted octanol–water partition coefficient (Wildman–Crippen LogP) is 5.66. The Balaban J connectivity index is 1.53. The SMILES string of the molecule is CC(F)c1ccc(-c2cc3ccn(CCC[C@H](COC(P)P)Nc4cnn(C)c(=O)c4C(F)(F)F)c(=O)c3cc2F)nc1. The summed E-state index contributed by atoms with van der Waals surface area (Å²) < 4.78 is 77.2. The van der Waals surface area contributed by atoms with Crippen LogP contribution < -0.4 is 16.4 Å². The number of halogens is 5. The van der Waals surface area contributed by atoms with Crippen molar-refractivity contribution in [1.82, 2.24) is 19.3 Å². The molecule has 0 spiro atoms. The largest absolute Gasteiger partial charge is 0.423 e. The van der Waals surface area contributed by atoms with Gasteiger partial charge in [0, 0.05) is 43.2 Å². The molecule has 0 bridgehead atoms. The van der Waals surface area contributed by atoms with E-state index in [0.717, 1.165) is 19.3 Å². The van der Waals surface area contributed by atoms with Gasteiger partial charge in [0.05, 0.1) is 35.2 Å². The minimum atomic E-state index is -4.91. The molecule has 0 aliphatic carbocycles. The number of ether oxygens (including phenoxy) is 1. The van der Waals surface area contributed by atoms with Crippen molar-refractivity contribution in [1.29, 1.82) is 0 Å². The van der Waals surface area contributed by atoms with Gasteiger partial charge in [0.2, 0.25) is 0 Å². The predicted molar refractivity (Wildman–Crippen MR) is 161 cm³/mol. The Hall–Kier alpha value is -3.27. The zero-order valence-electron chi connectivity index (χ0n) is 23.2. The summed E-state index contributed by atoms with van der Waals surface area (Å²) in [6, 6.07) is 6.68. The Bertz CT molecular complexity index is 1710. The average molecular weight is 642 g/mol. The van der Waals surface area contributed by atoms with Crippen molar-refractivity contribution in [2.24, 2.45) is 7.05 Å². The van der Waals surface area contributed by atoms with E-state index in [0.29, 0.717) is 27.7 Å². The first kappa shape index (κ1) is 32.6. The highest BCUT2D eigenvalue weighted by atomic mass is 31.1. The molecule has 0 aliphatic rings. The second-order valence-electron chi connectivity index (χ2n) is 9.97. The van der Waals surface area contributed by atoms with Gasteiger partial charge < -0.3 is 14.6 Å². The number of aromatic nitrogens is 4. The summed E-state index contributed by atoms with van der Waals surface area (Å²) in [6.45, 7) is 1.57. The molecule has 0 saturated heterocycles. The first-order valence-corrected chi connectivity index (χ1v) is 14.6. The highest BCUT2D eigenvalue weighted by molar-refractivity contribution is 7.37. The standard InChI is InChI=1S/C28H30F5N5O3P2/c1-15(29)17-5-6-22(34-12-17)20-10-16-7-9-38(25(39)19(16)11-21(20)30)8-3-4-18(14-41-27(42)43)36-23-13-35-37(2)26(40)24(23)28(31,32)33/h5-7,9-13,15,18,27,36H,3-4,8,14,42-43H2,1-2H3/t15?,18-/m1/s1. The maximum Gasteiger partial charge on any atom is 0.423 e. The van der Waals surface area contributed by atoms with Crippen LogP contribution in [0.3, 0.4) is 0 Å². The third kappa shape index (κ3) is 7.82. The molecule has 1 aromatic carbocycles. The summed E-state index contributed by atoms with van der Waals surface area (Å²) in [7, 11) is 5.92. The molecule has 4 aromatic rings. The maximum atomic E-state index is 15.1. The van der Waals surface area contributed by atoms with Crippen molar-refractivity contribution in [2.45, 2.75) is 50.3 Å². The fourth-order valence-electron chi connectivity index (χ4n) is 4.55. The Morgan fingerprint density at radius 2 is 1.84 bits per heavy atom. The number of hydrogen-bond acceptors (Lipinski definition) is 6. The maximum absolute atomic E-state index is 15.1. The van der Waals surface area contributed by atoms with Crippen molar-refractivity contribution >= 4 is 34.9 Å². The van der Waals surface area contributed by atoms with E-state index >= 15 is 4.39 Å². The van der Waals surface area contributed by atoms with E-state index in [-0.39, 0.29) is 36.1 Å². The molecule has 230 valence electrons. The van der Waals surface area contributed by atoms with Crippen molar-refractivity contribution < 1.29 is 26.7 Å². The highest BCUT2D eigenvalue weighted by Crippen LogP contribution is 2.32. The first-order chi connectivity index (χ1) is 20.3. The molecule has 4 atom stereocenters. The molecule has 0 saturated carbocycles. The highest BCUT2D eigenvalue weighted by Gasteiger charge is 2.38. The molecule has 3 heterocycles. The Morgan fingerprint density at radius 1 is 1.09 bits per heavy atom. The summed E-state index contributed by atoms with van der Waals surface area (Å²) in [4.78, 5) is 29.5. The molecule has 3 unspecified atom stereocenters. The summed E-state index contributed by atoms with van der Waals surface area (Å²) in [5.74, 6) is -0.662. The van der Waals surface area contributed by atoms with Crippen LogP contribution >= 0.6 is 18.5 Å². The Morgan fingerprint density at radius 3 is 2.47 bits per heavy atom. The second-order valence-corrected chi connectivity index (χ2v) is 12.1. The van der Waals surface area contributed by atoms with E-state index in [2.05, 4.69) is 33.9 Å². The summed E-state index contributed by atoms with van der Waals surface area (Å²) in [5.41, 5.74) is -3.09. The minimum Gasteiger partial charge on any atom is -0.378 e. The zero-order chi connectivity index (χ0) is 31.5. The van der Waals surface area contributed by atoms with Crippen molar-refractivity contribution in [3.63, 3.8) is 0 Å². The average Bonchev–Trinajstić information content (AvgIpc) is 2.94. The van der Waals surface area contributed by atoms with Gasteiger partial charge in [-0.2, -0.15) is 18.3 Å². The number of hydrogen-bond donors (Lipinski definition) is 1. The molecular formula is C28H30F5N5O3P2.